The largest absolute Gasteiger partial charge is 0.394 e. The van der Waals surface area contributed by atoms with Crippen molar-refractivity contribution < 1.29 is 30.2 Å². The Hall–Kier alpha value is -1.00. The number of hydrogen-bond donors (Lipinski definition) is 3. The van der Waals surface area contributed by atoms with Gasteiger partial charge in [0.05, 0.1) is 33.0 Å². The number of hydrogen-bond acceptors (Lipinski definition) is 7. The second kappa shape index (κ2) is 15.0. The monoisotopic (exact) mass is 256 g/mol. The van der Waals surface area contributed by atoms with E-state index < -0.39 is 5.09 Å². The Kier molecular flexibility index (Phi) is 16.2. The highest BCUT2D eigenvalue weighted by Gasteiger charge is 2.03. The average molecular weight is 256 g/mol. The Morgan fingerprint density at radius 2 is 1.65 bits per heavy atom. The molecule has 0 spiro atoms. The summed E-state index contributed by atoms with van der Waals surface area (Å²) in [4.78, 5) is 18.5. The molecule has 0 fully saturated rings. The Labute approximate surface area is 99.2 Å². The first-order valence-corrected chi connectivity index (χ1v) is 5.16. The molecule has 0 aliphatic carbocycles. The summed E-state index contributed by atoms with van der Waals surface area (Å²) in [5.74, 6) is 0. The van der Waals surface area contributed by atoms with E-state index in [-0.39, 0.29) is 26.4 Å². The fourth-order valence-corrected chi connectivity index (χ4v) is 0.739. The zero-order valence-electron chi connectivity index (χ0n) is 9.82. The molecule has 0 aromatic rings. The number of aliphatic hydroxyl groups is 2. The minimum absolute atomic E-state index is 0.0366. The van der Waals surface area contributed by atoms with Crippen molar-refractivity contribution in [3.63, 3.8) is 0 Å². The first-order chi connectivity index (χ1) is 8.08. The van der Waals surface area contributed by atoms with Crippen LogP contribution in [-0.2, 0) is 9.68 Å². The molecule has 0 radical (unpaired) electrons. The van der Waals surface area contributed by atoms with Crippen molar-refractivity contribution in [2.24, 2.45) is 0 Å². The highest BCUT2D eigenvalue weighted by molar-refractivity contribution is 4.35. The Morgan fingerprint density at radius 3 is 1.94 bits per heavy atom. The molecule has 0 aliphatic rings. The van der Waals surface area contributed by atoms with Crippen molar-refractivity contribution in [2.75, 3.05) is 33.0 Å². The van der Waals surface area contributed by atoms with Gasteiger partial charge in [0.1, 0.15) is 0 Å². The van der Waals surface area contributed by atoms with Crippen molar-refractivity contribution in [3.8, 4) is 0 Å². The molecule has 104 valence electrons. The molecular formula is C8H20N2O7. The van der Waals surface area contributed by atoms with E-state index in [2.05, 4.69) is 6.92 Å². The van der Waals surface area contributed by atoms with Gasteiger partial charge in [-0.15, -0.1) is 10.1 Å². The van der Waals surface area contributed by atoms with Gasteiger partial charge >= 0.3 is 0 Å². The van der Waals surface area contributed by atoms with E-state index >= 15 is 0 Å². The molecule has 0 aromatic carbocycles. The van der Waals surface area contributed by atoms with Gasteiger partial charge in [0.25, 0.3) is 5.09 Å². The quantitative estimate of drug-likeness (QED) is 0.375. The van der Waals surface area contributed by atoms with Crippen molar-refractivity contribution in [1.82, 2.24) is 5.23 Å². The smallest absolute Gasteiger partial charge is 0.291 e. The van der Waals surface area contributed by atoms with Gasteiger partial charge in [-0.25, -0.2) is 0 Å². The molecule has 0 heterocycles. The molecular weight excluding hydrogens is 236 g/mol. The molecule has 0 aliphatic heterocycles. The van der Waals surface area contributed by atoms with Crippen LogP contribution < -0.4 is 0 Å². The van der Waals surface area contributed by atoms with Crippen LogP contribution in [0.3, 0.4) is 0 Å². The second-order valence-corrected chi connectivity index (χ2v) is 2.76. The summed E-state index contributed by atoms with van der Waals surface area (Å²) in [5, 5.41) is 32.0. The Bertz CT molecular complexity index is 147. The minimum Gasteiger partial charge on any atom is -0.394 e. The molecule has 0 amide bonds. The molecule has 0 rings (SSSR count). The average Bonchev–Trinajstić information content (AvgIpc) is 2.27. The Balaban J connectivity index is 0. The predicted molar refractivity (Wildman–Crippen MR) is 56.5 cm³/mol. The molecule has 17 heavy (non-hydrogen) atoms. The van der Waals surface area contributed by atoms with Gasteiger partial charge in [-0.05, 0) is 6.42 Å². The van der Waals surface area contributed by atoms with Crippen molar-refractivity contribution in [3.05, 3.63) is 10.1 Å². The van der Waals surface area contributed by atoms with Crippen LogP contribution in [0.2, 0.25) is 0 Å². The topological polar surface area (TPSA) is 126 Å². The molecule has 0 aromatic heterocycles. The van der Waals surface area contributed by atoms with Gasteiger partial charge in [-0.3, -0.25) is 9.68 Å². The minimum atomic E-state index is -1.50. The maximum absolute atomic E-state index is 8.51. The molecule has 0 atom stereocenters. The van der Waals surface area contributed by atoms with E-state index in [1.54, 1.807) is 0 Å². The number of unbranched alkanes of at least 4 members (excludes halogenated alkanes) is 1. The normalized spacial score (nSPS) is 9.88. The van der Waals surface area contributed by atoms with Crippen LogP contribution in [0.25, 0.3) is 0 Å². The maximum Gasteiger partial charge on any atom is 0.291 e. The van der Waals surface area contributed by atoms with Gasteiger partial charge in [0.2, 0.25) is 0 Å². The number of nitrogens with zero attached hydrogens (tertiary/aromatic N) is 2. The maximum atomic E-state index is 8.51. The number of hydroxylamine groups is 2. The van der Waals surface area contributed by atoms with Crippen molar-refractivity contribution >= 4 is 0 Å². The van der Waals surface area contributed by atoms with E-state index in [0.29, 0.717) is 6.54 Å². The summed E-state index contributed by atoms with van der Waals surface area (Å²) in [7, 11) is 0. The fourth-order valence-electron chi connectivity index (χ4n) is 0.739. The van der Waals surface area contributed by atoms with Crippen LogP contribution in [-0.4, -0.2) is 58.7 Å². The third-order valence-corrected chi connectivity index (χ3v) is 1.35. The zero-order valence-corrected chi connectivity index (χ0v) is 9.82. The summed E-state index contributed by atoms with van der Waals surface area (Å²) in [6, 6.07) is 0. The molecule has 3 N–H and O–H groups in total. The first-order valence-electron chi connectivity index (χ1n) is 5.16. The van der Waals surface area contributed by atoms with E-state index in [4.69, 9.17) is 35.2 Å². The van der Waals surface area contributed by atoms with Crippen LogP contribution in [0, 0.1) is 10.1 Å². The van der Waals surface area contributed by atoms with Crippen molar-refractivity contribution in [1.29, 1.82) is 0 Å². The molecule has 0 bridgehead atoms. The summed E-state index contributed by atoms with van der Waals surface area (Å²) in [6.07, 6.45) is 2.00. The van der Waals surface area contributed by atoms with E-state index in [1.165, 1.54) is 5.23 Å². The highest BCUT2D eigenvalue weighted by atomic mass is 16.9. The van der Waals surface area contributed by atoms with Crippen LogP contribution in [0.15, 0.2) is 0 Å². The van der Waals surface area contributed by atoms with Gasteiger partial charge < -0.3 is 15.4 Å². The SMILES string of the molecule is CCCCN(OCCO)OCCO.O=[N+]([O-])O. The van der Waals surface area contributed by atoms with Crippen LogP contribution in [0.1, 0.15) is 19.8 Å². The second-order valence-electron chi connectivity index (χ2n) is 2.76. The highest BCUT2D eigenvalue weighted by Crippen LogP contribution is 1.97. The lowest BCUT2D eigenvalue weighted by atomic mass is 10.3. The summed E-state index contributed by atoms with van der Waals surface area (Å²) in [5.41, 5.74) is 0. The molecule has 9 heteroatoms. The number of aliphatic hydroxyl groups excluding tert-OH is 2. The van der Waals surface area contributed by atoms with E-state index in [9.17, 15) is 0 Å². The van der Waals surface area contributed by atoms with Crippen LogP contribution >= 0.6 is 0 Å². The molecule has 0 saturated carbocycles. The van der Waals surface area contributed by atoms with E-state index in [1.807, 2.05) is 0 Å². The fraction of sp³-hybridized carbons (Fsp3) is 1.00. The summed E-state index contributed by atoms with van der Waals surface area (Å²) in [6.45, 7) is 3.08. The van der Waals surface area contributed by atoms with Gasteiger partial charge in [-0.1, -0.05) is 18.6 Å². The van der Waals surface area contributed by atoms with Crippen LogP contribution in [0.5, 0.6) is 0 Å². The molecule has 0 unspecified atom stereocenters. The first kappa shape index (κ1) is 18.4. The van der Waals surface area contributed by atoms with Gasteiger partial charge in [0.15, 0.2) is 0 Å². The molecule has 0 saturated heterocycles. The van der Waals surface area contributed by atoms with Gasteiger partial charge in [0, 0.05) is 0 Å². The van der Waals surface area contributed by atoms with Crippen molar-refractivity contribution in [2.45, 2.75) is 19.8 Å². The number of rotatable bonds is 9. The third kappa shape index (κ3) is 21.0. The summed E-state index contributed by atoms with van der Waals surface area (Å²) < 4.78 is 0. The Morgan fingerprint density at radius 1 is 1.24 bits per heavy atom. The lowest BCUT2D eigenvalue weighted by Crippen LogP contribution is -2.28. The standard InChI is InChI=1S/C8H19NO4.HNO3/c1-2-3-4-9(12-7-5-10)13-8-6-11;2-1(3)4/h10-11H,2-8H2,1H3;(H,2,3,4). The third-order valence-electron chi connectivity index (χ3n) is 1.35. The zero-order chi connectivity index (χ0) is 13.5. The summed E-state index contributed by atoms with van der Waals surface area (Å²) >= 11 is 0. The lowest BCUT2D eigenvalue weighted by molar-refractivity contribution is -0.742. The van der Waals surface area contributed by atoms with Crippen LogP contribution in [0.4, 0.5) is 0 Å². The predicted octanol–water partition coefficient (Wildman–Crippen LogP) is -0.411. The lowest BCUT2D eigenvalue weighted by Gasteiger charge is -2.19. The van der Waals surface area contributed by atoms with E-state index in [0.717, 1.165) is 12.8 Å². The van der Waals surface area contributed by atoms with Gasteiger partial charge in [-0.2, -0.15) is 0 Å². The molecule has 9 nitrogen and oxygen atoms in total.